The molecule has 0 aliphatic rings. The van der Waals surface area contributed by atoms with Crippen LogP contribution in [0.5, 0.6) is 11.5 Å². The molecule has 0 saturated heterocycles. The molecule has 0 heterocycles. The Morgan fingerprint density at radius 3 is 1.00 bits per heavy atom. The van der Waals surface area contributed by atoms with Crippen molar-refractivity contribution in [2.24, 2.45) is 23.7 Å². The lowest BCUT2D eigenvalue weighted by atomic mass is 9.97. The van der Waals surface area contributed by atoms with Gasteiger partial charge in [-0.2, -0.15) is 0 Å². The Bertz CT molecular complexity index is 932. The molecule has 0 atom stereocenters. The highest BCUT2D eigenvalue weighted by molar-refractivity contribution is 5.44. The van der Waals surface area contributed by atoms with E-state index in [-0.39, 0.29) is 0 Å². The molecule has 0 saturated carbocycles. The molecule has 2 rings (SSSR count). The summed E-state index contributed by atoms with van der Waals surface area (Å²) < 4.78 is 6.88. The Morgan fingerprint density at radius 1 is 0.378 bits per heavy atom. The first-order valence-corrected chi connectivity index (χ1v) is 19.6. The zero-order valence-electron chi connectivity index (χ0n) is 31.3. The van der Waals surface area contributed by atoms with Crippen molar-refractivity contribution in [1.82, 2.24) is 0 Å². The molecule has 2 aromatic rings. The second-order valence-corrected chi connectivity index (χ2v) is 16.0. The molecule has 0 aliphatic heterocycles. The summed E-state index contributed by atoms with van der Waals surface area (Å²) in [5.74, 6) is 5.41. The number of benzene rings is 2. The van der Waals surface area contributed by atoms with Crippen molar-refractivity contribution in [1.29, 1.82) is 0 Å². The molecule has 2 aromatic carbocycles. The third kappa shape index (κ3) is 18.8. The quantitative estimate of drug-likeness (QED) is 0.0953. The Hall–Kier alpha value is -1.76. The van der Waals surface area contributed by atoms with Crippen LogP contribution in [0, 0.1) is 23.7 Å². The van der Waals surface area contributed by atoms with Gasteiger partial charge in [0.15, 0.2) is 0 Å². The number of hydrogen-bond acceptors (Lipinski definition) is 1. The molecule has 0 amide bonds. The lowest BCUT2D eigenvalue weighted by molar-refractivity contribution is 0.463. The number of rotatable bonds is 26. The predicted octanol–water partition coefficient (Wildman–Crippen LogP) is 14.5. The lowest BCUT2D eigenvalue weighted by Crippen LogP contribution is -2.00. The minimum atomic E-state index is 0.801. The zero-order valence-corrected chi connectivity index (χ0v) is 31.3. The van der Waals surface area contributed by atoms with Gasteiger partial charge in [-0.25, -0.2) is 0 Å². The molecule has 1 nitrogen and oxygen atoms in total. The van der Waals surface area contributed by atoms with Gasteiger partial charge in [-0.3, -0.25) is 0 Å². The Balaban J connectivity index is 2.16. The highest BCUT2D eigenvalue weighted by atomic mass is 16.5. The van der Waals surface area contributed by atoms with E-state index in [4.69, 9.17) is 4.74 Å². The van der Waals surface area contributed by atoms with Gasteiger partial charge in [-0.05, 0) is 109 Å². The van der Waals surface area contributed by atoms with Crippen molar-refractivity contribution in [2.45, 2.75) is 184 Å². The molecular formula is C44H74O. The van der Waals surface area contributed by atoms with Gasteiger partial charge in [0.1, 0.15) is 11.5 Å². The van der Waals surface area contributed by atoms with Crippen molar-refractivity contribution in [3.05, 3.63) is 58.7 Å². The Morgan fingerprint density at radius 2 is 0.689 bits per heavy atom. The van der Waals surface area contributed by atoms with Crippen LogP contribution in [-0.2, 0) is 25.7 Å². The van der Waals surface area contributed by atoms with Crippen LogP contribution in [0.1, 0.15) is 180 Å². The van der Waals surface area contributed by atoms with E-state index in [2.05, 4.69) is 91.8 Å². The van der Waals surface area contributed by atoms with Gasteiger partial charge >= 0.3 is 0 Å². The minimum absolute atomic E-state index is 0.801. The van der Waals surface area contributed by atoms with Crippen LogP contribution >= 0.6 is 0 Å². The summed E-state index contributed by atoms with van der Waals surface area (Å²) in [5.41, 5.74) is 5.80. The zero-order chi connectivity index (χ0) is 32.9. The normalized spacial score (nSPS) is 11.9. The summed E-state index contributed by atoms with van der Waals surface area (Å²) in [7, 11) is 0. The lowest BCUT2D eigenvalue weighted by Gasteiger charge is -2.17. The summed E-state index contributed by atoms with van der Waals surface area (Å²) >= 11 is 0. The van der Waals surface area contributed by atoms with Crippen molar-refractivity contribution in [3.63, 3.8) is 0 Å². The average molecular weight is 619 g/mol. The van der Waals surface area contributed by atoms with Crippen LogP contribution in [0.2, 0.25) is 0 Å². The summed E-state index contributed by atoms with van der Waals surface area (Å²) in [4.78, 5) is 0. The van der Waals surface area contributed by atoms with Gasteiger partial charge in [-0.1, -0.05) is 157 Å². The van der Waals surface area contributed by atoms with Gasteiger partial charge in [-0.15, -0.1) is 0 Å². The molecule has 256 valence electrons. The number of ether oxygens (including phenoxy) is 1. The maximum atomic E-state index is 6.88. The van der Waals surface area contributed by atoms with Gasteiger partial charge in [0.05, 0.1) is 0 Å². The Kier molecular flexibility index (Phi) is 20.6. The van der Waals surface area contributed by atoms with Gasteiger partial charge in [0.2, 0.25) is 0 Å². The molecule has 0 bridgehead atoms. The number of aryl methyl sites for hydroxylation is 4. The molecule has 0 N–H and O–H groups in total. The topological polar surface area (TPSA) is 9.23 Å². The van der Waals surface area contributed by atoms with Crippen molar-refractivity contribution in [3.8, 4) is 11.5 Å². The van der Waals surface area contributed by atoms with E-state index >= 15 is 0 Å². The van der Waals surface area contributed by atoms with E-state index in [1.807, 2.05) is 0 Å². The largest absolute Gasteiger partial charge is 0.457 e. The van der Waals surface area contributed by atoms with E-state index in [0.717, 1.165) is 48.0 Å². The van der Waals surface area contributed by atoms with Crippen LogP contribution in [0.15, 0.2) is 36.4 Å². The summed E-state index contributed by atoms with van der Waals surface area (Å²) in [6, 6.07) is 14.2. The highest BCUT2D eigenvalue weighted by Gasteiger charge is 2.12. The van der Waals surface area contributed by atoms with Crippen LogP contribution in [-0.4, -0.2) is 0 Å². The minimum Gasteiger partial charge on any atom is -0.457 e. The van der Waals surface area contributed by atoms with E-state index in [1.165, 1.54) is 138 Å². The van der Waals surface area contributed by atoms with Crippen molar-refractivity contribution >= 4 is 0 Å². The van der Waals surface area contributed by atoms with Crippen molar-refractivity contribution in [2.75, 3.05) is 0 Å². The molecule has 0 aromatic heterocycles. The predicted molar refractivity (Wildman–Crippen MR) is 201 cm³/mol. The first-order chi connectivity index (χ1) is 21.6. The van der Waals surface area contributed by atoms with Crippen LogP contribution in [0.25, 0.3) is 0 Å². The standard InChI is InChI=1S/C44H74O/c1-35(2)21-13-9-17-25-39-29-31-43(41(33-39)27-19-11-15-23-37(5)6)45-44-32-30-40(26-18-10-14-22-36(3)4)34-42(44)28-20-12-16-24-38(7)8/h29-38H,9-28H2,1-8H3. The fraction of sp³-hybridized carbons (Fsp3) is 0.727. The molecule has 0 spiro atoms. The smallest absolute Gasteiger partial charge is 0.130 e. The van der Waals surface area contributed by atoms with Gasteiger partial charge in [0, 0.05) is 0 Å². The van der Waals surface area contributed by atoms with Gasteiger partial charge < -0.3 is 4.74 Å². The summed E-state index contributed by atoms with van der Waals surface area (Å²) in [6.45, 7) is 18.7. The third-order valence-corrected chi connectivity index (χ3v) is 9.42. The fourth-order valence-electron chi connectivity index (χ4n) is 6.49. The van der Waals surface area contributed by atoms with E-state index in [9.17, 15) is 0 Å². The van der Waals surface area contributed by atoms with Crippen molar-refractivity contribution < 1.29 is 4.74 Å². The summed E-state index contributed by atoms with van der Waals surface area (Å²) in [5, 5.41) is 0. The first-order valence-electron chi connectivity index (χ1n) is 19.6. The summed E-state index contributed by atoms with van der Waals surface area (Å²) in [6.07, 6.45) is 25.8. The monoisotopic (exact) mass is 619 g/mol. The molecule has 0 radical (unpaired) electrons. The van der Waals surface area contributed by atoms with E-state index < -0.39 is 0 Å². The van der Waals surface area contributed by atoms with Gasteiger partial charge in [0.25, 0.3) is 0 Å². The third-order valence-electron chi connectivity index (χ3n) is 9.42. The molecule has 0 unspecified atom stereocenters. The highest BCUT2D eigenvalue weighted by Crippen LogP contribution is 2.33. The van der Waals surface area contributed by atoms with E-state index in [0.29, 0.717) is 0 Å². The number of hydrogen-bond donors (Lipinski definition) is 0. The SMILES string of the molecule is CC(C)CCCCCc1ccc(Oc2ccc(CCCCCC(C)C)cc2CCCCCC(C)C)c(CCCCCC(C)C)c1. The molecule has 1 heteroatoms. The van der Waals surface area contributed by atoms with E-state index in [1.54, 1.807) is 0 Å². The fourth-order valence-corrected chi connectivity index (χ4v) is 6.49. The van der Waals surface area contributed by atoms with Crippen LogP contribution in [0.4, 0.5) is 0 Å². The second-order valence-electron chi connectivity index (χ2n) is 16.0. The molecule has 0 fully saturated rings. The second kappa shape index (κ2) is 23.5. The molecule has 45 heavy (non-hydrogen) atoms. The van der Waals surface area contributed by atoms with Crippen LogP contribution in [0.3, 0.4) is 0 Å². The molecule has 0 aliphatic carbocycles. The maximum absolute atomic E-state index is 6.88. The first kappa shape index (κ1) is 39.4. The van der Waals surface area contributed by atoms with Crippen LogP contribution < -0.4 is 4.74 Å². The molecular weight excluding hydrogens is 544 g/mol. The number of unbranched alkanes of at least 4 members (excludes halogenated alkanes) is 8. The maximum Gasteiger partial charge on any atom is 0.130 e. The average Bonchev–Trinajstić information content (AvgIpc) is 2.97. The Labute approximate surface area is 281 Å².